The van der Waals surface area contributed by atoms with Gasteiger partial charge in [0.05, 0.1) is 11.3 Å². The first-order valence-electron chi connectivity index (χ1n) is 5.98. The van der Waals surface area contributed by atoms with E-state index in [-0.39, 0.29) is 12.2 Å². The van der Waals surface area contributed by atoms with E-state index in [0.29, 0.717) is 6.42 Å². The Bertz CT molecular complexity index is 639. The number of hydrogen-bond acceptors (Lipinski definition) is 3. The van der Waals surface area contributed by atoms with Crippen molar-refractivity contribution in [3.05, 3.63) is 47.3 Å². The van der Waals surface area contributed by atoms with E-state index < -0.39 is 23.1 Å². The van der Waals surface area contributed by atoms with E-state index in [1.54, 1.807) is 17.9 Å². The summed E-state index contributed by atoms with van der Waals surface area (Å²) >= 11 is 0. The third-order valence-electron chi connectivity index (χ3n) is 2.90. The van der Waals surface area contributed by atoms with Crippen molar-refractivity contribution in [2.75, 3.05) is 12.3 Å². The van der Waals surface area contributed by atoms with Gasteiger partial charge in [0.15, 0.2) is 5.82 Å². The lowest BCUT2D eigenvalue weighted by molar-refractivity contribution is 0.0949. The summed E-state index contributed by atoms with van der Waals surface area (Å²) in [6.07, 6.45) is 2.18. The molecule has 7 heteroatoms. The second-order valence-corrected chi connectivity index (χ2v) is 4.31. The predicted octanol–water partition coefficient (Wildman–Crippen LogP) is 1.25. The van der Waals surface area contributed by atoms with Gasteiger partial charge in [0.2, 0.25) is 0 Å². The molecule has 0 spiro atoms. The Labute approximate surface area is 114 Å². The summed E-state index contributed by atoms with van der Waals surface area (Å²) in [4.78, 5) is 11.8. The van der Waals surface area contributed by atoms with Crippen molar-refractivity contribution in [2.24, 2.45) is 7.05 Å². The Balaban J connectivity index is 2.01. The lowest BCUT2D eigenvalue weighted by atomic mass is 10.1. The summed E-state index contributed by atoms with van der Waals surface area (Å²) in [5.41, 5.74) is 5.42. The maximum Gasteiger partial charge on any atom is 0.254 e. The SMILES string of the molecule is Cn1nccc1CCNC(=O)c1cc(F)cc(N)c1F. The maximum atomic E-state index is 13.6. The van der Waals surface area contributed by atoms with Crippen LogP contribution in [0.1, 0.15) is 16.1 Å². The van der Waals surface area contributed by atoms with Crippen molar-refractivity contribution in [3.63, 3.8) is 0 Å². The number of hydrogen-bond donors (Lipinski definition) is 2. The van der Waals surface area contributed by atoms with Crippen LogP contribution in [0.5, 0.6) is 0 Å². The van der Waals surface area contributed by atoms with Gasteiger partial charge in [0.25, 0.3) is 5.91 Å². The first-order valence-corrected chi connectivity index (χ1v) is 5.98. The highest BCUT2D eigenvalue weighted by Crippen LogP contribution is 2.17. The van der Waals surface area contributed by atoms with E-state index in [4.69, 9.17) is 5.73 Å². The van der Waals surface area contributed by atoms with Crippen molar-refractivity contribution in [3.8, 4) is 0 Å². The fourth-order valence-electron chi connectivity index (χ4n) is 1.82. The zero-order chi connectivity index (χ0) is 14.7. The molecule has 0 radical (unpaired) electrons. The molecule has 0 saturated heterocycles. The smallest absolute Gasteiger partial charge is 0.254 e. The van der Waals surface area contributed by atoms with E-state index in [9.17, 15) is 13.6 Å². The molecule has 1 heterocycles. The number of nitrogen functional groups attached to an aromatic ring is 1. The van der Waals surface area contributed by atoms with Crippen LogP contribution >= 0.6 is 0 Å². The summed E-state index contributed by atoms with van der Waals surface area (Å²) in [6.45, 7) is 0.286. The number of nitrogens with two attached hydrogens (primary N) is 1. The van der Waals surface area contributed by atoms with E-state index in [1.807, 2.05) is 6.07 Å². The van der Waals surface area contributed by atoms with Gasteiger partial charge in [-0.15, -0.1) is 0 Å². The Kier molecular flexibility index (Phi) is 3.97. The van der Waals surface area contributed by atoms with Crippen LogP contribution in [0, 0.1) is 11.6 Å². The van der Waals surface area contributed by atoms with Crippen LogP contribution in [0.2, 0.25) is 0 Å². The fourth-order valence-corrected chi connectivity index (χ4v) is 1.82. The number of amides is 1. The Morgan fingerprint density at radius 3 is 2.85 bits per heavy atom. The topological polar surface area (TPSA) is 72.9 Å². The number of benzene rings is 1. The molecule has 0 bridgehead atoms. The number of anilines is 1. The summed E-state index contributed by atoms with van der Waals surface area (Å²) in [5, 5.41) is 6.51. The van der Waals surface area contributed by atoms with Crippen LogP contribution in [0.15, 0.2) is 24.4 Å². The molecule has 20 heavy (non-hydrogen) atoms. The van der Waals surface area contributed by atoms with Gasteiger partial charge in [-0.2, -0.15) is 5.10 Å². The molecule has 1 aromatic carbocycles. The molecule has 0 unspecified atom stereocenters. The van der Waals surface area contributed by atoms with E-state index in [0.717, 1.165) is 17.8 Å². The van der Waals surface area contributed by atoms with Gasteiger partial charge < -0.3 is 11.1 Å². The van der Waals surface area contributed by atoms with Crippen LogP contribution in [-0.2, 0) is 13.5 Å². The number of halogens is 2. The average Bonchev–Trinajstić information content (AvgIpc) is 2.79. The summed E-state index contributed by atoms with van der Waals surface area (Å²) in [6, 6.07) is 3.47. The van der Waals surface area contributed by atoms with Gasteiger partial charge in [0.1, 0.15) is 5.82 Å². The molecule has 0 aliphatic heterocycles. The van der Waals surface area contributed by atoms with E-state index >= 15 is 0 Å². The molecule has 0 fully saturated rings. The van der Waals surface area contributed by atoms with E-state index in [2.05, 4.69) is 10.4 Å². The molecule has 2 rings (SSSR count). The Hall–Kier alpha value is -2.44. The standard InChI is InChI=1S/C13H14F2N4O/c1-19-9(3-5-18-19)2-4-17-13(20)10-6-8(14)7-11(16)12(10)15/h3,5-7H,2,4,16H2,1H3,(H,17,20). The van der Waals surface area contributed by atoms with Crippen LogP contribution < -0.4 is 11.1 Å². The zero-order valence-electron chi connectivity index (χ0n) is 10.9. The average molecular weight is 280 g/mol. The molecular weight excluding hydrogens is 266 g/mol. The van der Waals surface area contributed by atoms with Gasteiger partial charge in [-0.1, -0.05) is 0 Å². The monoisotopic (exact) mass is 280 g/mol. The van der Waals surface area contributed by atoms with Crippen molar-refractivity contribution < 1.29 is 13.6 Å². The number of aromatic nitrogens is 2. The third-order valence-corrected chi connectivity index (χ3v) is 2.90. The molecule has 3 N–H and O–H groups in total. The van der Waals surface area contributed by atoms with Gasteiger partial charge in [-0.25, -0.2) is 8.78 Å². The van der Waals surface area contributed by atoms with Crippen LogP contribution in [0.4, 0.5) is 14.5 Å². The van der Waals surface area contributed by atoms with Crippen LogP contribution in [0.3, 0.4) is 0 Å². The molecule has 106 valence electrons. The quantitative estimate of drug-likeness (QED) is 0.828. The second-order valence-electron chi connectivity index (χ2n) is 4.31. The molecule has 2 aromatic rings. The molecule has 0 aliphatic rings. The van der Waals surface area contributed by atoms with Crippen molar-refractivity contribution >= 4 is 11.6 Å². The molecule has 0 aliphatic carbocycles. The van der Waals surface area contributed by atoms with E-state index in [1.165, 1.54) is 0 Å². The highest BCUT2D eigenvalue weighted by molar-refractivity contribution is 5.95. The Morgan fingerprint density at radius 2 is 2.20 bits per heavy atom. The van der Waals surface area contributed by atoms with Gasteiger partial charge >= 0.3 is 0 Å². The molecule has 1 aromatic heterocycles. The minimum absolute atomic E-state index is 0.286. The number of carbonyl (C=O) groups excluding carboxylic acids is 1. The lowest BCUT2D eigenvalue weighted by Gasteiger charge is -2.08. The molecule has 5 nitrogen and oxygen atoms in total. The highest BCUT2D eigenvalue weighted by atomic mass is 19.1. The summed E-state index contributed by atoms with van der Waals surface area (Å²) in [7, 11) is 1.78. The first kappa shape index (κ1) is 14.0. The lowest BCUT2D eigenvalue weighted by Crippen LogP contribution is -2.27. The zero-order valence-corrected chi connectivity index (χ0v) is 10.9. The van der Waals surface area contributed by atoms with Crippen LogP contribution in [-0.4, -0.2) is 22.2 Å². The minimum Gasteiger partial charge on any atom is -0.396 e. The molecule has 1 amide bonds. The van der Waals surface area contributed by atoms with Crippen molar-refractivity contribution in [1.82, 2.24) is 15.1 Å². The van der Waals surface area contributed by atoms with Gasteiger partial charge in [-0.3, -0.25) is 9.48 Å². The van der Waals surface area contributed by atoms with Crippen LogP contribution in [0.25, 0.3) is 0 Å². The number of carbonyl (C=O) groups is 1. The second kappa shape index (κ2) is 5.68. The Morgan fingerprint density at radius 1 is 1.45 bits per heavy atom. The molecular formula is C13H14F2N4O. The fraction of sp³-hybridized carbons (Fsp3) is 0.231. The number of rotatable bonds is 4. The third kappa shape index (κ3) is 2.93. The summed E-state index contributed by atoms with van der Waals surface area (Å²) in [5.74, 6) is -2.36. The molecule has 0 saturated carbocycles. The maximum absolute atomic E-state index is 13.6. The summed E-state index contributed by atoms with van der Waals surface area (Å²) < 4.78 is 28.4. The minimum atomic E-state index is -0.913. The van der Waals surface area contributed by atoms with Gasteiger partial charge in [-0.05, 0) is 18.2 Å². The number of nitrogens with one attached hydrogen (secondary N) is 1. The van der Waals surface area contributed by atoms with Crippen molar-refractivity contribution in [1.29, 1.82) is 0 Å². The first-order chi connectivity index (χ1) is 9.49. The highest BCUT2D eigenvalue weighted by Gasteiger charge is 2.15. The number of nitrogens with zero attached hydrogens (tertiary/aromatic N) is 2. The largest absolute Gasteiger partial charge is 0.396 e. The molecule has 0 atom stereocenters. The number of aryl methyl sites for hydroxylation is 1. The van der Waals surface area contributed by atoms with Gasteiger partial charge in [0, 0.05) is 31.9 Å². The normalized spacial score (nSPS) is 10.6. The van der Waals surface area contributed by atoms with Crippen molar-refractivity contribution in [2.45, 2.75) is 6.42 Å². The predicted molar refractivity (Wildman–Crippen MR) is 70.0 cm³/mol.